The summed E-state index contributed by atoms with van der Waals surface area (Å²) in [6.07, 6.45) is 2.80. The van der Waals surface area contributed by atoms with Crippen LogP contribution in [-0.4, -0.2) is 58.2 Å². The van der Waals surface area contributed by atoms with Crippen LogP contribution in [-0.2, 0) is 14.8 Å². The van der Waals surface area contributed by atoms with Crippen molar-refractivity contribution in [2.75, 3.05) is 38.3 Å². The van der Waals surface area contributed by atoms with Crippen molar-refractivity contribution < 1.29 is 17.9 Å². The van der Waals surface area contributed by atoms with E-state index in [4.69, 9.17) is 9.47 Å². The van der Waals surface area contributed by atoms with Crippen molar-refractivity contribution in [3.8, 4) is 5.75 Å². The Balaban J connectivity index is 1.83. The average molecular weight is 338 g/mol. The van der Waals surface area contributed by atoms with Gasteiger partial charge in [0.15, 0.2) is 0 Å². The van der Waals surface area contributed by atoms with E-state index >= 15 is 0 Å². The van der Waals surface area contributed by atoms with Gasteiger partial charge in [0.05, 0.1) is 24.9 Å². The van der Waals surface area contributed by atoms with Gasteiger partial charge in [-0.3, -0.25) is 0 Å². The molecule has 0 radical (unpaired) electrons. The third-order valence-corrected chi connectivity index (χ3v) is 6.94. The Bertz CT molecular complexity index is 706. The highest BCUT2D eigenvalue weighted by atomic mass is 32.2. The minimum absolute atomic E-state index is 0.0328. The van der Waals surface area contributed by atoms with Crippen LogP contribution in [0.2, 0.25) is 0 Å². The number of fused-ring (bicyclic) bond motifs is 3. The first-order valence-corrected chi connectivity index (χ1v) is 9.60. The Morgan fingerprint density at radius 3 is 3.00 bits per heavy atom. The van der Waals surface area contributed by atoms with E-state index in [1.807, 2.05) is 12.1 Å². The van der Waals surface area contributed by atoms with Gasteiger partial charge in [0, 0.05) is 20.2 Å². The van der Waals surface area contributed by atoms with E-state index in [9.17, 15) is 8.42 Å². The second-order valence-corrected chi connectivity index (χ2v) is 8.32. The van der Waals surface area contributed by atoms with Gasteiger partial charge in [-0.05, 0) is 31.4 Å². The molecule has 3 atom stereocenters. The van der Waals surface area contributed by atoms with Crippen molar-refractivity contribution >= 4 is 15.7 Å². The number of sulfonamides is 1. The molecule has 4 rings (SSSR count). The molecular formula is C16H22N2O4S. The maximum Gasteiger partial charge on any atom is 0.248 e. The number of hydrogen-bond donors (Lipinski definition) is 0. The molecule has 23 heavy (non-hydrogen) atoms. The molecule has 0 saturated carbocycles. The Morgan fingerprint density at radius 1 is 1.30 bits per heavy atom. The largest absolute Gasteiger partial charge is 0.487 e. The summed E-state index contributed by atoms with van der Waals surface area (Å²) in [5.74, 6) is 0.498. The van der Waals surface area contributed by atoms with Gasteiger partial charge >= 0.3 is 0 Å². The molecule has 7 heteroatoms. The summed E-state index contributed by atoms with van der Waals surface area (Å²) in [5.41, 5.74) is 0.759. The van der Waals surface area contributed by atoms with Gasteiger partial charge in [-0.25, -0.2) is 8.42 Å². The Labute approximate surface area is 137 Å². The molecule has 3 heterocycles. The number of methoxy groups -OCH3 is 1. The second kappa shape index (κ2) is 5.65. The topological polar surface area (TPSA) is 59.1 Å². The Hall–Kier alpha value is -1.31. The minimum atomic E-state index is -3.51. The summed E-state index contributed by atoms with van der Waals surface area (Å²) in [5, 5.41) is 0. The van der Waals surface area contributed by atoms with Crippen LogP contribution in [0.15, 0.2) is 23.1 Å². The summed E-state index contributed by atoms with van der Waals surface area (Å²) in [7, 11) is -1.82. The Kier molecular flexibility index (Phi) is 3.74. The summed E-state index contributed by atoms with van der Waals surface area (Å²) in [6.45, 7) is 2.46. The molecule has 2 fully saturated rings. The van der Waals surface area contributed by atoms with Crippen LogP contribution in [0.1, 0.15) is 19.3 Å². The van der Waals surface area contributed by atoms with E-state index in [2.05, 4.69) is 4.90 Å². The molecule has 1 aromatic rings. The fourth-order valence-corrected chi connectivity index (χ4v) is 5.71. The lowest BCUT2D eigenvalue weighted by Gasteiger charge is -2.29. The van der Waals surface area contributed by atoms with Crippen molar-refractivity contribution in [1.82, 2.24) is 4.31 Å². The molecule has 0 aromatic heterocycles. The molecule has 0 spiro atoms. The first-order chi connectivity index (χ1) is 11.1. The molecule has 2 saturated heterocycles. The fraction of sp³-hybridized carbons (Fsp3) is 0.625. The molecule has 3 aliphatic rings. The molecule has 0 N–H and O–H groups in total. The molecule has 3 aliphatic heterocycles. The predicted molar refractivity (Wildman–Crippen MR) is 86.5 cm³/mol. The minimum Gasteiger partial charge on any atom is -0.487 e. The van der Waals surface area contributed by atoms with Gasteiger partial charge in [-0.1, -0.05) is 6.07 Å². The van der Waals surface area contributed by atoms with Crippen molar-refractivity contribution in [2.24, 2.45) is 0 Å². The standard InChI is InChI=1S/C16H22N2O4S/c1-21-11-12-4-3-8-18(12)14-5-2-6-15-16(14)23(19,20)17-9-7-13(10-17)22-15/h2,5-6,12-13H,3-4,7-11H2,1H3/t12-,13-/m0/s1. The number of anilines is 1. The van der Waals surface area contributed by atoms with E-state index in [0.717, 1.165) is 31.5 Å². The molecule has 0 amide bonds. The van der Waals surface area contributed by atoms with Gasteiger partial charge in [-0.2, -0.15) is 4.31 Å². The van der Waals surface area contributed by atoms with E-state index in [1.165, 1.54) is 0 Å². The quantitative estimate of drug-likeness (QED) is 0.835. The van der Waals surface area contributed by atoms with Crippen LogP contribution in [0.5, 0.6) is 5.75 Å². The van der Waals surface area contributed by atoms with Crippen LogP contribution >= 0.6 is 0 Å². The van der Waals surface area contributed by atoms with Gasteiger partial charge in [0.1, 0.15) is 16.7 Å². The smallest absolute Gasteiger partial charge is 0.248 e. The van der Waals surface area contributed by atoms with E-state index in [1.54, 1.807) is 17.5 Å². The first kappa shape index (κ1) is 15.2. The maximum absolute atomic E-state index is 13.1. The molecule has 2 bridgehead atoms. The van der Waals surface area contributed by atoms with Crippen molar-refractivity contribution in [3.05, 3.63) is 18.2 Å². The lowest BCUT2D eigenvalue weighted by atomic mass is 10.2. The number of hydrogen-bond acceptors (Lipinski definition) is 5. The van der Waals surface area contributed by atoms with Crippen molar-refractivity contribution in [2.45, 2.75) is 36.3 Å². The summed E-state index contributed by atoms with van der Waals surface area (Å²) in [6, 6.07) is 5.78. The molecular weight excluding hydrogens is 316 g/mol. The van der Waals surface area contributed by atoms with E-state index in [0.29, 0.717) is 30.3 Å². The van der Waals surface area contributed by atoms with E-state index in [-0.39, 0.29) is 12.1 Å². The third-order valence-electron chi connectivity index (χ3n) is 5.00. The lowest BCUT2D eigenvalue weighted by Crippen LogP contribution is -2.35. The van der Waals surface area contributed by atoms with Crippen LogP contribution in [0.4, 0.5) is 5.69 Å². The summed E-state index contributed by atoms with van der Waals surface area (Å²) < 4.78 is 39.1. The number of ether oxygens (including phenoxy) is 2. The molecule has 6 nitrogen and oxygen atoms in total. The van der Waals surface area contributed by atoms with Crippen molar-refractivity contribution in [3.63, 3.8) is 0 Å². The SMILES string of the molecule is COC[C@@H]1CCCN1c1cccc2c1S(=O)(=O)N1CC[C@@H](C1)O2. The third kappa shape index (κ3) is 2.42. The predicted octanol–water partition coefficient (Wildman–Crippen LogP) is 1.46. The maximum atomic E-state index is 13.1. The average Bonchev–Trinajstić information content (AvgIpc) is 3.14. The van der Waals surface area contributed by atoms with Gasteiger partial charge in [0.25, 0.3) is 0 Å². The van der Waals surface area contributed by atoms with Crippen LogP contribution in [0.3, 0.4) is 0 Å². The zero-order chi connectivity index (χ0) is 16.0. The number of nitrogens with zero attached hydrogens (tertiary/aromatic N) is 2. The van der Waals surface area contributed by atoms with Crippen molar-refractivity contribution in [1.29, 1.82) is 0 Å². The summed E-state index contributed by atoms with van der Waals surface area (Å²) in [4.78, 5) is 2.51. The fourth-order valence-electron chi connectivity index (χ4n) is 3.92. The van der Waals surface area contributed by atoms with Gasteiger partial charge < -0.3 is 14.4 Å². The second-order valence-electron chi connectivity index (χ2n) is 6.44. The van der Waals surface area contributed by atoms with Gasteiger partial charge in [-0.15, -0.1) is 0 Å². The molecule has 1 aromatic carbocycles. The zero-order valence-electron chi connectivity index (χ0n) is 13.3. The zero-order valence-corrected chi connectivity index (χ0v) is 14.1. The molecule has 0 aliphatic carbocycles. The van der Waals surface area contributed by atoms with Crippen LogP contribution in [0, 0.1) is 0 Å². The summed E-state index contributed by atoms with van der Waals surface area (Å²) >= 11 is 0. The molecule has 126 valence electrons. The van der Waals surface area contributed by atoms with Crippen LogP contribution in [0.25, 0.3) is 0 Å². The number of rotatable bonds is 3. The monoisotopic (exact) mass is 338 g/mol. The molecule has 1 unspecified atom stereocenters. The first-order valence-electron chi connectivity index (χ1n) is 8.16. The van der Waals surface area contributed by atoms with Gasteiger partial charge in [0.2, 0.25) is 10.0 Å². The Morgan fingerprint density at radius 2 is 2.17 bits per heavy atom. The van der Waals surface area contributed by atoms with E-state index < -0.39 is 10.0 Å². The normalized spacial score (nSPS) is 31.5. The van der Waals surface area contributed by atoms with Crippen LogP contribution < -0.4 is 9.64 Å². The highest BCUT2D eigenvalue weighted by Gasteiger charge is 2.42. The lowest BCUT2D eigenvalue weighted by molar-refractivity contribution is 0.180. The highest BCUT2D eigenvalue weighted by Crippen LogP contribution is 2.42. The number of benzene rings is 1. The highest BCUT2D eigenvalue weighted by molar-refractivity contribution is 7.89.